The zero-order valence-electron chi connectivity index (χ0n) is 19.4. The van der Waals surface area contributed by atoms with E-state index < -0.39 is 0 Å². The second-order valence-corrected chi connectivity index (χ2v) is 8.26. The van der Waals surface area contributed by atoms with Gasteiger partial charge in [-0.15, -0.1) is 0 Å². The van der Waals surface area contributed by atoms with Crippen LogP contribution in [-0.2, 0) is 13.0 Å². The number of imidazole rings is 1. The number of hydrogen-bond donors (Lipinski definition) is 0. The number of benzene rings is 4. The molecule has 4 nitrogen and oxygen atoms in total. The van der Waals surface area contributed by atoms with Crippen molar-refractivity contribution in [2.75, 3.05) is 13.7 Å². The lowest BCUT2D eigenvalue weighted by atomic mass is 10.0. The minimum Gasteiger partial charge on any atom is -0.493 e. The molecule has 0 saturated carbocycles. The summed E-state index contributed by atoms with van der Waals surface area (Å²) in [7, 11) is 1.67. The molecule has 0 saturated heterocycles. The van der Waals surface area contributed by atoms with E-state index in [9.17, 15) is 0 Å². The van der Waals surface area contributed by atoms with E-state index in [4.69, 9.17) is 14.5 Å². The molecule has 0 amide bonds. The number of para-hydroxylation sites is 4. The minimum absolute atomic E-state index is 0.609. The number of aryl methyl sites for hydroxylation is 1. The normalized spacial score (nSPS) is 11.0. The van der Waals surface area contributed by atoms with Crippen molar-refractivity contribution in [2.24, 2.45) is 0 Å². The van der Waals surface area contributed by atoms with Crippen LogP contribution in [0.5, 0.6) is 11.5 Å². The molecule has 0 aliphatic carbocycles. The van der Waals surface area contributed by atoms with Crippen molar-refractivity contribution in [2.45, 2.75) is 19.4 Å². The van der Waals surface area contributed by atoms with Crippen LogP contribution < -0.4 is 9.47 Å². The number of ether oxygens (including phenoxy) is 2. The largest absolute Gasteiger partial charge is 0.493 e. The molecule has 0 N–H and O–H groups in total. The first-order valence-corrected chi connectivity index (χ1v) is 11.7. The Balaban J connectivity index is 1.31. The summed E-state index contributed by atoms with van der Waals surface area (Å²) in [6.07, 6.45) is 1.66. The van der Waals surface area contributed by atoms with Crippen LogP contribution in [0.3, 0.4) is 0 Å². The van der Waals surface area contributed by atoms with E-state index in [0.29, 0.717) is 6.61 Å². The zero-order valence-corrected chi connectivity index (χ0v) is 19.4. The number of aromatic nitrogens is 2. The fraction of sp³-hybridized carbons (Fsp3) is 0.167. The molecule has 0 fully saturated rings. The molecular formula is C30H28N2O2. The maximum atomic E-state index is 5.99. The van der Waals surface area contributed by atoms with E-state index in [1.54, 1.807) is 7.11 Å². The SMILES string of the molecule is COc1ccccc1OCCCn1c(Cc2ccc(-c3ccccc3)cc2)nc2ccccc21. The van der Waals surface area contributed by atoms with Crippen molar-refractivity contribution in [3.8, 4) is 22.6 Å². The summed E-state index contributed by atoms with van der Waals surface area (Å²) in [4.78, 5) is 4.95. The molecule has 0 unspecified atom stereocenters. The summed E-state index contributed by atoms with van der Waals surface area (Å²) < 4.78 is 13.7. The van der Waals surface area contributed by atoms with E-state index in [1.807, 2.05) is 36.4 Å². The van der Waals surface area contributed by atoms with Gasteiger partial charge in [0, 0.05) is 13.0 Å². The topological polar surface area (TPSA) is 36.3 Å². The van der Waals surface area contributed by atoms with Gasteiger partial charge >= 0.3 is 0 Å². The Morgan fingerprint density at radius 1 is 0.706 bits per heavy atom. The van der Waals surface area contributed by atoms with Gasteiger partial charge in [0.15, 0.2) is 11.5 Å². The summed E-state index contributed by atoms with van der Waals surface area (Å²) in [6, 6.07) is 35.4. The highest BCUT2D eigenvalue weighted by Crippen LogP contribution is 2.26. The lowest BCUT2D eigenvalue weighted by Crippen LogP contribution is -2.09. The van der Waals surface area contributed by atoms with Gasteiger partial charge in [0.2, 0.25) is 0 Å². The number of hydrogen-bond acceptors (Lipinski definition) is 3. The first-order chi connectivity index (χ1) is 16.8. The van der Waals surface area contributed by atoms with Crippen LogP contribution in [0, 0.1) is 0 Å². The maximum absolute atomic E-state index is 5.99. The Morgan fingerprint density at radius 2 is 1.38 bits per heavy atom. The van der Waals surface area contributed by atoms with Crippen molar-refractivity contribution in [3.63, 3.8) is 0 Å². The molecule has 0 atom stereocenters. The molecule has 0 aliphatic rings. The standard InChI is InChI=1S/C30H28N2O2/c1-33-28-14-7-8-15-29(28)34-21-9-20-32-27-13-6-5-12-26(27)31-30(32)22-23-16-18-25(19-17-23)24-10-3-2-4-11-24/h2-8,10-19H,9,20-22H2,1H3. The van der Waals surface area contributed by atoms with Crippen molar-refractivity contribution in [3.05, 3.63) is 115 Å². The van der Waals surface area contributed by atoms with Gasteiger partial charge in [-0.2, -0.15) is 0 Å². The molecule has 4 aromatic carbocycles. The summed E-state index contributed by atoms with van der Waals surface area (Å²) in [5, 5.41) is 0. The van der Waals surface area contributed by atoms with Gasteiger partial charge in [-0.25, -0.2) is 4.98 Å². The smallest absolute Gasteiger partial charge is 0.161 e. The summed E-state index contributed by atoms with van der Waals surface area (Å²) >= 11 is 0. The molecule has 5 aromatic rings. The number of fused-ring (bicyclic) bond motifs is 1. The third-order valence-electron chi connectivity index (χ3n) is 6.01. The monoisotopic (exact) mass is 448 g/mol. The molecule has 170 valence electrons. The highest BCUT2D eigenvalue weighted by atomic mass is 16.5. The van der Waals surface area contributed by atoms with Crippen LogP contribution in [0.25, 0.3) is 22.2 Å². The summed E-state index contributed by atoms with van der Waals surface area (Å²) in [5.74, 6) is 2.61. The molecule has 0 aliphatic heterocycles. The Labute approximate surface area is 200 Å². The van der Waals surface area contributed by atoms with Crippen LogP contribution in [0.15, 0.2) is 103 Å². The third kappa shape index (κ3) is 4.81. The lowest BCUT2D eigenvalue weighted by molar-refractivity contribution is 0.283. The summed E-state index contributed by atoms with van der Waals surface area (Å²) in [5.41, 5.74) is 5.91. The Hall–Kier alpha value is -4.05. The van der Waals surface area contributed by atoms with E-state index >= 15 is 0 Å². The minimum atomic E-state index is 0.609. The molecule has 0 radical (unpaired) electrons. The van der Waals surface area contributed by atoms with Crippen molar-refractivity contribution in [1.29, 1.82) is 0 Å². The fourth-order valence-electron chi connectivity index (χ4n) is 4.28. The van der Waals surface area contributed by atoms with Gasteiger partial charge in [0.05, 0.1) is 24.8 Å². The van der Waals surface area contributed by atoms with E-state index in [1.165, 1.54) is 16.7 Å². The molecule has 1 heterocycles. The van der Waals surface area contributed by atoms with E-state index in [0.717, 1.165) is 47.7 Å². The van der Waals surface area contributed by atoms with Crippen LogP contribution in [-0.4, -0.2) is 23.3 Å². The van der Waals surface area contributed by atoms with Gasteiger partial charge in [0.1, 0.15) is 5.82 Å². The highest BCUT2D eigenvalue weighted by Gasteiger charge is 2.12. The van der Waals surface area contributed by atoms with Gasteiger partial charge in [-0.05, 0) is 47.4 Å². The van der Waals surface area contributed by atoms with Crippen LogP contribution in [0.4, 0.5) is 0 Å². The maximum Gasteiger partial charge on any atom is 0.161 e. The quantitative estimate of drug-likeness (QED) is 0.233. The predicted molar refractivity (Wildman–Crippen MR) is 138 cm³/mol. The number of methoxy groups -OCH3 is 1. The average molecular weight is 449 g/mol. The van der Waals surface area contributed by atoms with E-state index in [-0.39, 0.29) is 0 Å². The third-order valence-corrected chi connectivity index (χ3v) is 6.01. The Kier molecular flexibility index (Phi) is 6.57. The molecule has 0 bridgehead atoms. The summed E-state index contributed by atoms with van der Waals surface area (Å²) in [6.45, 7) is 1.45. The fourth-order valence-corrected chi connectivity index (χ4v) is 4.28. The second kappa shape index (κ2) is 10.3. The molecule has 0 spiro atoms. The number of nitrogens with zero attached hydrogens (tertiary/aromatic N) is 2. The Morgan fingerprint density at radius 3 is 2.18 bits per heavy atom. The molecule has 4 heteroatoms. The molecule has 5 rings (SSSR count). The lowest BCUT2D eigenvalue weighted by Gasteiger charge is -2.12. The van der Waals surface area contributed by atoms with Crippen molar-refractivity contribution < 1.29 is 9.47 Å². The van der Waals surface area contributed by atoms with Gasteiger partial charge in [-0.1, -0.05) is 78.9 Å². The van der Waals surface area contributed by atoms with Crippen molar-refractivity contribution in [1.82, 2.24) is 9.55 Å². The van der Waals surface area contributed by atoms with Crippen LogP contribution >= 0.6 is 0 Å². The molecular weight excluding hydrogens is 420 g/mol. The zero-order chi connectivity index (χ0) is 23.2. The van der Waals surface area contributed by atoms with Crippen molar-refractivity contribution >= 4 is 11.0 Å². The first-order valence-electron chi connectivity index (χ1n) is 11.7. The van der Waals surface area contributed by atoms with Crippen LogP contribution in [0.2, 0.25) is 0 Å². The number of rotatable bonds is 9. The second-order valence-electron chi connectivity index (χ2n) is 8.26. The van der Waals surface area contributed by atoms with Gasteiger partial charge in [-0.3, -0.25) is 0 Å². The Bertz CT molecular complexity index is 1360. The van der Waals surface area contributed by atoms with Gasteiger partial charge < -0.3 is 14.0 Å². The van der Waals surface area contributed by atoms with Gasteiger partial charge in [0.25, 0.3) is 0 Å². The highest BCUT2D eigenvalue weighted by molar-refractivity contribution is 5.76. The molecule has 34 heavy (non-hydrogen) atoms. The first kappa shape index (κ1) is 21.8. The average Bonchev–Trinajstić information content (AvgIpc) is 3.24. The van der Waals surface area contributed by atoms with Crippen LogP contribution in [0.1, 0.15) is 17.8 Å². The van der Waals surface area contributed by atoms with E-state index in [2.05, 4.69) is 71.3 Å². The predicted octanol–water partition coefficient (Wildman–Crippen LogP) is 6.77. The molecule has 1 aromatic heterocycles.